The quantitative estimate of drug-likeness (QED) is 0.772. The molecule has 1 aliphatic heterocycles. The molecule has 1 saturated heterocycles. The minimum Gasteiger partial charge on any atom is -0.359 e. The van der Waals surface area contributed by atoms with Crippen LogP contribution in [0.25, 0.3) is 0 Å². The van der Waals surface area contributed by atoms with Crippen LogP contribution in [0.3, 0.4) is 0 Å². The Hall–Kier alpha value is -2.08. The van der Waals surface area contributed by atoms with E-state index in [9.17, 15) is 14.4 Å². The highest BCUT2D eigenvalue weighted by Gasteiger charge is 2.40. The van der Waals surface area contributed by atoms with Gasteiger partial charge in [0.05, 0.1) is 5.41 Å². The van der Waals surface area contributed by atoms with E-state index >= 15 is 0 Å². The number of carbonyl (C=O) groups excluding carboxylic acids is 3. The Morgan fingerprint density at radius 3 is 2.46 bits per heavy atom. The van der Waals surface area contributed by atoms with Gasteiger partial charge in [0.1, 0.15) is 6.42 Å². The van der Waals surface area contributed by atoms with E-state index in [2.05, 4.69) is 10.6 Å². The number of hydrogen-bond acceptors (Lipinski definition) is 3. The molecule has 0 atom stereocenters. The van der Waals surface area contributed by atoms with Crippen LogP contribution in [0.2, 0.25) is 5.02 Å². The number of rotatable bonds is 5. The van der Waals surface area contributed by atoms with E-state index < -0.39 is 5.41 Å². The van der Waals surface area contributed by atoms with Gasteiger partial charge in [-0.1, -0.05) is 24.6 Å². The summed E-state index contributed by atoms with van der Waals surface area (Å²) in [5.41, 5.74) is 0.968. The highest BCUT2D eigenvalue weighted by Crippen LogP contribution is 2.35. The van der Waals surface area contributed by atoms with E-state index in [0.717, 1.165) is 12.0 Å². The van der Waals surface area contributed by atoms with Crippen LogP contribution in [0.5, 0.6) is 0 Å². The summed E-state index contributed by atoms with van der Waals surface area (Å²) in [6.45, 7) is 4.79. The number of nitrogens with zero attached hydrogens (tertiary/aromatic N) is 1. The molecule has 0 radical (unpaired) electrons. The van der Waals surface area contributed by atoms with Crippen LogP contribution < -0.4 is 10.6 Å². The maximum absolute atomic E-state index is 12.4. The van der Waals surface area contributed by atoms with Gasteiger partial charge in [0, 0.05) is 30.8 Å². The molecule has 0 aliphatic carbocycles. The number of halogens is 1. The number of piperidine rings is 1. The summed E-state index contributed by atoms with van der Waals surface area (Å²) in [6, 6.07) is 5.25. The average molecular weight is 380 g/mol. The van der Waals surface area contributed by atoms with E-state index in [1.54, 1.807) is 30.1 Å². The average Bonchev–Trinajstić information content (AvgIpc) is 2.64. The second kappa shape index (κ2) is 8.54. The summed E-state index contributed by atoms with van der Waals surface area (Å²) >= 11 is 6.04. The Bertz CT molecular complexity index is 697. The number of carbonyl (C=O) groups is 3. The van der Waals surface area contributed by atoms with Crippen LogP contribution in [0.15, 0.2) is 18.2 Å². The molecule has 7 heteroatoms. The van der Waals surface area contributed by atoms with Crippen molar-refractivity contribution in [3.05, 3.63) is 28.8 Å². The predicted octanol–water partition coefficient (Wildman–Crippen LogP) is 2.74. The van der Waals surface area contributed by atoms with Crippen LogP contribution in [0, 0.1) is 12.3 Å². The van der Waals surface area contributed by atoms with Crippen molar-refractivity contribution in [3.63, 3.8) is 0 Å². The number of nitrogens with one attached hydrogen (secondary N) is 2. The number of likely N-dealkylation sites (tertiary alicyclic amines) is 1. The molecule has 1 heterocycles. The van der Waals surface area contributed by atoms with Gasteiger partial charge in [-0.25, -0.2) is 0 Å². The molecule has 142 valence electrons. The fourth-order valence-electron chi connectivity index (χ4n) is 3.38. The Morgan fingerprint density at radius 2 is 1.88 bits per heavy atom. The highest BCUT2D eigenvalue weighted by molar-refractivity contribution is 6.31. The zero-order chi connectivity index (χ0) is 19.3. The highest BCUT2D eigenvalue weighted by atomic mass is 35.5. The molecule has 2 N–H and O–H groups in total. The lowest BCUT2D eigenvalue weighted by molar-refractivity contribution is -0.142. The Labute approximate surface area is 159 Å². The third-order valence-electron chi connectivity index (χ3n) is 5.31. The molecule has 1 aliphatic rings. The summed E-state index contributed by atoms with van der Waals surface area (Å²) in [6.07, 6.45) is 1.75. The van der Waals surface area contributed by atoms with Gasteiger partial charge in [-0.3, -0.25) is 14.4 Å². The van der Waals surface area contributed by atoms with Crippen LogP contribution in [-0.4, -0.2) is 42.8 Å². The lowest BCUT2D eigenvalue weighted by Crippen LogP contribution is -2.49. The number of benzene rings is 1. The lowest BCUT2D eigenvalue weighted by Gasteiger charge is -2.39. The fourth-order valence-corrected chi connectivity index (χ4v) is 3.55. The fraction of sp³-hybridized carbons (Fsp3) is 0.526. The van der Waals surface area contributed by atoms with Crippen molar-refractivity contribution in [3.8, 4) is 0 Å². The topological polar surface area (TPSA) is 78.5 Å². The van der Waals surface area contributed by atoms with Crippen molar-refractivity contribution in [1.82, 2.24) is 10.2 Å². The molecule has 0 unspecified atom stereocenters. The Kier molecular flexibility index (Phi) is 6.64. The molecule has 6 nitrogen and oxygen atoms in total. The van der Waals surface area contributed by atoms with Gasteiger partial charge >= 0.3 is 0 Å². The monoisotopic (exact) mass is 379 g/mol. The van der Waals surface area contributed by atoms with E-state index in [4.69, 9.17) is 11.6 Å². The van der Waals surface area contributed by atoms with Crippen molar-refractivity contribution in [2.24, 2.45) is 5.41 Å². The molecule has 3 amide bonds. The SMILES string of the molecule is CCC1(C(=O)NC)CCN(C(=O)CC(=O)Nc2cccc(Cl)c2C)CC1. The molecule has 0 bridgehead atoms. The van der Waals surface area contributed by atoms with Crippen LogP contribution in [-0.2, 0) is 14.4 Å². The summed E-state index contributed by atoms with van der Waals surface area (Å²) in [5.74, 6) is -0.552. The molecule has 0 saturated carbocycles. The molecule has 1 aromatic carbocycles. The first-order valence-corrected chi connectivity index (χ1v) is 9.25. The number of amides is 3. The molecular formula is C19H26ClN3O3. The molecular weight excluding hydrogens is 354 g/mol. The smallest absolute Gasteiger partial charge is 0.233 e. The number of anilines is 1. The van der Waals surface area contributed by atoms with Crippen molar-refractivity contribution >= 4 is 35.0 Å². The molecule has 1 aromatic rings. The minimum atomic E-state index is -0.411. The molecule has 0 spiro atoms. The van der Waals surface area contributed by atoms with E-state index in [1.165, 1.54) is 0 Å². The largest absolute Gasteiger partial charge is 0.359 e. The van der Waals surface area contributed by atoms with Crippen LogP contribution in [0.4, 0.5) is 5.69 Å². The van der Waals surface area contributed by atoms with Gasteiger partial charge in [0.25, 0.3) is 0 Å². The zero-order valence-corrected chi connectivity index (χ0v) is 16.3. The third kappa shape index (κ3) is 4.36. The van der Waals surface area contributed by atoms with E-state index in [0.29, 0.717) is 36.6 Å². The van der Waals surface area contributed by atoms with Gasteiger partial charge in [0.2, 0.25) is 17.7 Å². The maximum atomic E-state index is 12.4. The first kappa shape index (κ1) is 20.2. The van der Waals surface area contributed by atoms with Gasteiger partial charge < -0.3 is 15.5 Å². The van der Waals surface area contributed by atoms with Crippen molar-refractivity contribution in [2.75, 3.05) is 25.5 Å². The number of hydrogen-bond donors (Lipinski definition) is 2. The minimum absolute atomic E-state index is 0.0290. The van der Waals surface area contributed by atoms with Crippen molar-refractivity contribution in [1.29, 1.82) is 0 Å². The maximum Gasteiger partial charge on any atom is 0.233 e. The second-order valence-corrected chi connectivity index (χ2v) is 7.14. The first-order chi connectivity index (χ1) is 12.3. The predicted molar refractivity (Wildman–Crippen MR) is 102 cm³/mol. The molecule has 26 heavy (non-hydrogen) atoms. The molecule has 1 fully saturated rings. The van der Waals surface area contributed by atoms with Gasteiger partial charge in [-0.2, -0.15) is 0 Å². The van der Waals surface area contributed by atoms with Crippen molar-refractivity contribution in [2.45, 2.75) is 39.5 Å². The first-order valence-electron chi connectivity index (χ1n) is 8.88. The van der Waals surface area contributed by atoms with E-state index in [-0.39, 0.29) is 24.1 Å². The van der Waals surface area contributed by atoms with Gasteiger partial charge in [-0.15, -0.1) is 0 Å². The second-order valence-electron chi connectivity index (χ2n) is 6.73. The molecule has 0 aromatic heterocycles. The summed E-state index contributed by atoms with van der Waals surface area (Å²) < 4.78 is 0. The standard InChI is InChI=1S/C19H26ClN3O3/c1-4-19(18(26)21-3)8-10-23(11-9-19)17(25)12-16(24)22-15-7-5-6-14(20)13(15)2/h5-7H,4,8-12H2,1-3H3,(H,21,26)(H,22,24). The summed E-state index contributed by atoms with van der Waals surface area (Å²) in [4.78, 5) is 38.4. The van der Waals surface area contributed by atoms with Crippen molar-refractivity contribution < 1.29 is 14.4 Å². The lowest BCUT2D eigenvalue weighted by atomic mass is 9.75. The van der Waals surface area contributed by atoms with Crippen LogP contribution in [0.1, 0.15) is 38.2 Å². The zero-order valence-electron chi connectivity index (χ0n) is 15.5. The Balaban J connectivity index is 1.91. The summed E-state index contributed by atoms with van der Waals surface area (Å²) in [5, 5.41) is 6.03. The third-order valence-corrected chi connectivity index (χ3v) is 5.72. The van der Waals surface area contributed by atoms with Gasteiger partial charge in [0.15, 0.2) is 0 Å². The van der Waals surface area contributed by atoms with Crippen LogP contribution >= 0.6 is 11.6 Å². The van der Waals surface area contributed by atoms with E-state index in [1.807, 2.05) is 13.8 Å². The van der Waals surface area contributed by atoms with Gasteiger partial charge in [-0.05, 0) is 43.9 Å². The molecule has 2 rings (SSSR count). The normalized spacial score (nSPS) is 16.1. The Morgan fingerprint density at radius 1 is 1.23 bits per heavy atom. The summed E-state index contributed by atoms with van der Waals surface area (Å²) in [7, 11) is 1.64.